The molecule has 2 unspecified atom stereocenters. The van der Waals surface area contributed by atoms with Crippen LogP contribution < -0.4 is 0 Å². The molecule has 0 aromatic heterocycles. The fourth-order valence-electron chi connectivity index (χ4n) is 2.29. The summed E-state index contributed by atoms with van der Waals surface area (Å²) in [4.78, 5) is 11.8. The van der Waals surface area contributed by atoms with Gasteiger partial charge >= 0.3 is 0 Å². The summed E-state index contributed by atoms with van der Waals surface area (Å²) in [5.74, 6) is 0. The van der Waals surface area contributed by atoms with E-state index in [1.807, 2.05) is 0 Å². The van der Waals surface area contributed by atoms with Crippen LogP contribution in [0.25, 0.3) is 0 Å². The Balaban J connectivity index is 5.30. The Morgan fingerprint density at radius 2 is 0.958 bits per heavy atom. The van der Waals surface area contributed by atoms with Gasteiger partial charge in [-0.05, 0) is 12.8 Å². The zero-order chi connectivity index (χ0) is 19.4. The van der Waals surface area contributed by atoms with E-state index >= 15 is 0 Å². The van der Waals surface area contributed by atoms with Crippen LogP contribution >= 0.6 is 128 Å². The van der Waals surface area contributed by atoms with Gasteiger partial charge in [-0.1, -0.05) is 104 Å². The van der Waals surface area contributed by atoms with Crippen molar-refractivity contribution in [1.29, 1.82) is 0 Å². The van der Waals surface area contributed by atoms with Crippen LogP contribution in [0.1, 0.15) is 32.1 Å². The van der Waals surface area contributed by atoms with E-state index in [1.165, 1.54) is 0 Å². The molecule has 0 spiro atoms. The zero-order valence-electron chi connectivity index (χ0n) is 11.8. The van der Waals surface area contributed by atoms with Crippen LogP contribution in [-0.4, -0.2) is 28.4 Å². The molecule has 0 radical (unpaired) electrons. The van der Waals surface area contributed by atoms with Crippen molar-refractivity contribution in [3.05, 3.63) is 0 Å². The first kappa shape index (κ1) is 26.9. The standard InChI is InChI=1S/C12H13Cl11O/c13-7(3-10(15,16)17)1-9(6-24,5-12(21,22)23)2-8(14)4-11(18,19)20/h6-8H,1-5H2. The topological polar surface area (TPSA) is 17.1 Å². The Morgan fingerprint density at radius 3 is 1.17 bits per heavy atom. The summed E-state index contributed by atoms with van der Waals surface area (Å²) < 4.78 is -4.88. The smallest absolute Gasteiger partial charge is 0.192 e. The summed E-state index contributed by atoms with van der Waals surface area (Å²) in [6.07, 6.45) is 0.626. The molecule has 0 aromatic rings. The summed E-state index contributed by atoms with van der Waals surface area (Å²) in [7, 11) is 0. The average Bonchev–Trinajstić information content (AvgIpc) is 2.19. The first-order valence-electron chi connectivity index (χ1n) is 6.42. The van der Waals surface area contributed by atoms with Crippen LogP contribution in [-0.2, 0) is 4.79 Å². The summed E-state index contributed by atoms with van der Waals surface area (Å²) in [6.45, 7) is 0. The van der Waals surface area contributed by atoms with Crippen LogP contribution in [0.2, 0.25) is 0 Å². The largest absolute Gasteiger partial charge is 0.303 e. The highest BCUT2D eigenvalue weighted by atomic mass is 35.6. The van der Waals surface area contributed by atoms with Crippen LogP contribution in [0, 0.1) is 5.41 Å². The summed E-state index contributed by atoms with van der Waals surface area (Å²) >= 11 is 64.4. The van der Waals surface area contributed by atoms with Gasteiger partial charge in [-0.25, -0.2) is 0 Å². The lowest BCUT2D eigenvalue weighted by atomic mass is 9.77. The van der Waals surface area contributed by atoms with Crippen LogP contribution in [0.3, 0.4) is 0 Å². The van der Waals surface area contributed by atoms with Crippen molar-refractivity contribution >= 4 is 134 Å². The molecule has 2 atom stereocenters. The summed E-state index contributed by atoms with van der Waals surface area (Å²) in [6, 6.07) is 0. The normalized spacial score (nSPS) is 18.8. The predicted octanol–water partition coefficient (Wildman–Crippen LogP) is 8.45. The SMILES string of the molecule is O=CC(CC(Cl)CC(Cl)(Cl)Cl)(CC(Cl)CC(Cl)(Cl)Cl)CC(Cl)(Cl)Cl. The lowest BCUT2D eigenvalue weighted by Crippen LogP contribution is -2.35. The van der Waals surface area contributed by atoms with Crippen LogP contribution in [0.5, 0.6) is 0 Å². The third-order valence-electron chi connectivity index (χ3n) is 2.96. The molecule has 0 rings (SSSR count). The molecule has 0 aliphatic carbocycles. The van der Waals surface area contributed by atoms with Crippen molar-refractivity contribution < 1.29 is 4.79 Å². The molecule has 12 heteroatoms. The van der Waals surface area contributed by atoms with Crippen molar-refractivity contribution in [2.45, 2.75) is 54.2 Å². The minimum absolute atomic E-state index is 0.00786. The number of rotatable bonds is 8. The third kappa shape index (κ3) is 13.9. The molecule has 0 aliphatic rings. The first-order valence-corrected chi connectivity index (χ1v) is 10.7. The number of carbonyl (C=O) groups excluding carboxylic acids is 1. The number of carbonyl (C=O) groups is 1. The number of hydrogen-bond acceptors (Lipinski definition) is 1. The van der Waals surface area contributed by atoms with Gasteiger partial charge in [-0.15, -0.1) is 23.2 Å². The molecule has 0 aromatic carbocycles. The highest BCUT2D eigenvalue weighted by molar-refractivity contribution is 6.68. The minimum atomic E-state index is -1.71. The highest BCUT2D eigenvalue weighted by Gasteiger charge is 2.43. The van der Waals surface area contributed by atoms with E-state index in [0.717, 1.165) is 0 Å². The molecule has 1 nitrogen and oxygen atoms in total. The van der Waals surface area contributed by atoms with Gasteiger partial charge in [-0.2, -0.15) is 0 Å². The Bertz CT molecular complexity index is 371. The molecule has 0 amide bonds. The Morgan fingerprint density at radius 1 is 0.625 bits per heavy atom. The molecule has 0 aliphatic heterocycles. The second kappa shape index (κ2) is 10.6. The average molecular weight is 563 g/mol. The van der Waals surface area contributed by atoms with Gasteiger partial charge in [0, 0.05) is 35.4 Å². The molecule has 144 valence electrons. The molecule has 24 heavy (non-hydrogen) atoms. The maximum atomic E-state index is 11.8. The third-order valence-corrected chi connectivity index (χ3v) is 4.91. The highest BCUT2D eigenvalue weighted by Crippen LogP contribution is 2.47. The molecule has 0 fully saturated rings. The summed E-state index contributed by atoms with van der Waals surface area (Å²) in [5.41, 5.74) is -1.18. The summed E-state index contributed by atoms with van der Waals surface area (Å²) in [5, 5.41) is -1.35. The second-order valence-corrected chi connectivity index (χ2v) is 14.3. The Hall–Kier alpha value is 2.86. The Kier molecular flexibility index (Phi) is 11.8. The van der Waals surface area contributed by atoms with E-state index in [9.17, 15) is 4.79 Å². The molecule has 0 saturated carbocycles. The monoisotopic (exact) mass is 558 g/mol. The Labute approximate surface area is 196 Å². The van der Waals surface area contributed by atoms with Crippen LogP contribution in [0.4, 0.5) is 0 Å². The maximum Gasteiger partial charge on any atom is 0.192 e. The number of aldehydes is 1. The number of alkyl halides is 11. The predicted molar refractivity (Wildman–Crippen MR) is 112 cm³/mol. The molecule has 0 N–H and O–H groups in total. The van der Waals surface area contributed by atoms with Crippen molar-refractivity contribution in [2.75, 3.05) is 0 Å². The molecule has 0 saturated heterocycles. The fraction of sp³-hybridized carbons (Fsp3) is 0.917. The lowest BCUT2D eigenvalue weighted by molar-refractivity contribution is -0.117. The van der Waals surface area contributed by atoms with Crippen molar-refractivity contribution in [1.82, 2.24) is 0 Å². The first-order chi connectivity index (χ1) is 10.5. The lowest BCUT2D eigenvalue weighted by Gasteiger charge is -2.35. The molecule has 0 heterocycles. The van der Waals surface area contributed by atoms with Crippen LogP contribution in [0.15, 0.2) is 0 Å². The minimum Gasteiger partial charge on any atom is -0.303 e. The van der Waals surface area contributed by atoms with Gasteiger partial charge in [0.25, 0.3) is 0 Å². The van der Waals surface area contributed by atoms with Gasteiger partial charge in [0.15, 0.2) is 11.4 Å². The van der Waals surface area contributed by atoms with Gasteiger partial charge in [0.05, 0.1) is 0 Å². The maximum absolute atomic E-state index is 11.8. The van der Waals surface area contributed by atoms with Gasteiger partial charge in [-0.3, -0.25) is 0 Å². The number of hydrogen-bond donors (Lipinski definition) is 0. The van der Waals surface area contributed by atoms with E-state index in [1.54, 1.807) is 0 Å². The van der Waals surface area contributed by atoms with Crippen molar-refractivity contribution in [3.63, 3.8) is 0 Å². The zero-order valence-corrected chi connectivity index (χ0v) is 20.1. The van der Waals surface area contributed by atoms with E-state index in [0.29, 0.717) is 6.29 Å². The van der Waals surface area contributed by atoms with Crippen molar-refractivity contribution in [3.8, 4) is 0 Å². The van der Waals surface area contributed by atoms with E-state index in [-0.39, 0.29) is 32.1 Å². The second-order valence-electron chi connectivity index (χ2n) is 5.51. The fourth-order valence-corrected chi connectivity index (χ4v) is 5.76. The number of halogens is 11. The quantitative estimate of drug-likeness (QED) is 0.214. The van der Waals surface area contributed by atoms with Gasteiger partial charge in [0.2, 0.25) is 0 Å². The molecule has 0 bridgehead atoms. The molecular weight excluding hydrogens is 550 g/mol. The van der Waals surface area contributed by atoms with Crippen molar-refractivity contribution in [2.24, 2.45) is 5.41 Å². The van der Waals surface area contributed by atoms with E-state index < -0.39 is 27.5 Å². The van der Waals surface area contributed by atoms with Gasteiger partial charge < -0.3 is 4.79 Å². The van der Waals surface area contributed by atoms with E-state index in [2.05, 4.69) is 0 Å². The van der Waals surface area contributed by atoms with Gasteiger partial charge in [0.1, 0.15) is 6.29 Å². The molecular formula is C12H13Cl11O. The van der Waals surface area contributed by atoms with E-state index in [4.69, 9.17) is 128 Å².